The van der Waals surface area contributed by atoms with E-state index in [2.05, 4.69) is 5.43 Å². The first-order chi connectivity index (χ1) is 7.26. The maximum atomic E-state index is 12.9. The van der Waals surface area contributed by atoms with E-state index in [9.17, 15) is 9.18 Å². The Bertz CT molecular complexity index is 568. The molecule has 15 heavy (non-hydrogen) atoms. The Kier molecular flexibility index (Phi) is 2.10. The van der Waals surface area contributed by atoms with Crippen LogP contribution in [-0.2, 0) is 4.79 Å². The van der Waals surface area contributed by atoms with Gasteiger partial charge in [-0.15, -0.1) is 0 Å². The van der Waals surface area contributed by atoms with E-state index in [1.54, 1.807) is 0 Å². The van der Waals surface area contributed by atoms with Crippen LogP contribution >= 0.6 is 0 Å². The second-order valence-corrected chi connectivity index (χ2v) is 2.93. The highest BCUT2D eigenvalue weighted by Crippen LogP contribution is 2.20. The molecule has 0 aliphatic heterocycles. The van der Waals surface area contributed by atoms with Gasteiger partial charge in [-0.1, -0.05) is 0 Å². The van der Waals surface area contributed by atoms with Crippen molar-refractivity contribution in [3.05, 3.63) is 35.8 Å². The second kappa shape index (κ2) is 3.42. The summed E-state index contributed by atoms with van der Waals surface area (Å²) in [4.78, 5) is 10.3. The highest BCUT2D eigenvalue weighted by atomic mass is 19.1. The molecule has 0 aliphatic rings. The molecule has 5 heteroatoms. The van der Waals surface area contributed by atoms with E-state index < -0.39 is 5.82 Å². The zero-order valence-corrected chi connectivity index (χ0v) is 7.57. The van der Waals surface area contributed by atoms with Crippen LogP contribution in [0.2, 0.25) is 0 Å². The number of aromatic nitrogens is 1. The number of fused-ring (bicyclic) bond motifs is 1. The van der Waals surface area contributed by atoms with Gasteiger partial charge in [0.2, 0.25) is 6.41 Å². The number of amides is 1. The van der Waals surface area contributed by atoms with Gasteiger partial charge in [0, 0.05) is 11.6 Å². The average Bonchev–Trinajstić information content (AvgIpc) is 2.56. The minimum atomic E-state index is -0.414. The van der Waals surface area contributed by atoms with Crippen LogP contribution < -0.4 is 5.43 Å². The fraction of sp³-hybridized carbons (Fsp3) is 0. The first-order valence-corrected chi connectivity index (χ1v) is 4.17. The topological polar surface area (TPSA) is 57.8 Å². The van der Waals surface area contributed by atoms with E-state index in [0.29, 0.717) is 22.9 Å². The van der Waals surface area contributed by atoms with E-state index >= 15 is 0 Å². The molecule has 74 valence electrons. The first-order valence-electron chi connectivity index (χ1n) is 4.17. The molecule has 4 nitrogen and oxygen atoms in total. The number of hydrogen-bond acceptors (Lipinski definition) is 2. The van der Waals surface area contributed by atoms with Crippen LogP contribution in [0, 0.1) is 17.1 Å². The van der Waals surface area contributed by atoms with Crippen LogP contribution in [0.1, 0.15) is 5.56 Å². The molecule has 0 saturated heterocycles. The third kappa shape index (κ3) is 1.42. The Hall–Kier alpha value is -2.35. The van der Waals surface area contributed by atoms with Crippen molar-refractivity contribution in [1.82, 2.24) is 4.68 Å². The smallest absolute Gasteiger partial charge is 0.226 e. The van der Waals surface area contributed by atoms with Gasteiger partial charge >= 0.3 is 0 Å². The van der Waals surface area contributed by atoms with Crippen molar-refractivity contribution >= 4 is 17.3 Å². The lowest BCUT2D eigenvalue weighted by molar-refractivity contribution is -0.106. The highest BCUT2D eigenvalue weighted by Gasteiger charge is 2.08. The third-order valence-corrected chi connectivity index (χ3v) is 2.08. The number of rotatable bonds is 2. The summed E-state index contributed by atoms with van der Waals surface area (Å²) in [5.74, 6) is -0.414. The maximum absolute atomic E-state index is 12.9. The van der Waals surface area contributed by atoms with E-state index in [0.717, 1.165) is 0 Å². The van der Waals surface area contributed by atoms with Crippen molar-refractivity contribution in [2.45, 2.75) is 0 Å². The quantitative estimate of drug-likeness (QED) is 0.749. The van der Waals surface area contributed by atoms with Crippen molar-refractivity contribution in [3.63, 3.8) is 0 Å². The van der Waals surface area contributed by atoms with Gasteiger partial charge in [0.25, 0.3) is 0 Å². The van der Waals surface area contributed by atoms with Gasteiger partial charge in [0.1, 0.15) is 11.9 Å². The molecule has 2 aromatic rings. The zero-order valence-electron chi connectivity index (χ0n) is 7.57. The molecular weight excluding hydrogens is 197 g/mol. The molecule has 0 atom stereocenters. The second-order valence-electron chi connectivity index (χ2n) is 2.93. The molecule has 1 aromatic heterocycles. The van der Waals surface area contributed by atoms with Crippen LogP contribution in [0.3, 0.4) is 0 Å². The maximum Gasteiger partial charge on any atom is 0.226 e. The Balaban J connectivity index is 2.76. The summed E-state index contributed by atoms with van der Waals surface area (Å²) in [6, 6.07) is 5.97. The predicted molar refractivity (Wildman–Crippen MR) is 52.0 cm³/mol. The summed E-state index contributed by atoms with van der Waals surface area (Å²) in [7, 11) is 0. The Morgan fingerprint density at radius 1 is 1.53 bits per heavy atom. The normalized spacial score (nSPS) is 9.87. The predicted octanol–water partition coefficient (Wildman–Crippen LogP) is 1.35. The summed E-state index contributed by atoms with van der Waals surface area (Å²) >= 11 is 0. The molecule has 0 fully saturated rings. The number of hydrogen-bond donors (Lipinski definition) is 1. The molecule has 0 radical (unpaired) electrons. The highest BCUT2D eigenvalue weighted by molar-refractivity contribution is 5.87. The molecule has 0 unspecified atom stereocenters. The number of nitriles is 1. The molecule has 0 bridgehead atoms. The minimum absolute atomic E-state index is 0.318. The Labute approximate surface area is 84.5 Å². The van der Waals surface area contributed by atoms with E-state index in [4.69, 9.17) is 5.26 Å². The van der Waals surface area contributed by atoms with Crippen molar-refractivity contribution in [2.24, 2.45) is 0 Å². The summed E-state index contributed by atoms with van der Waals surface area (Å²) in [5, 5.41) is 9.28. The fourth-order valence-corrected chi connectivity index (χ4v) is 1.45. The molecule has 0 saturated carbocycles. The molecule has 0 aliphatic carbocycles. The molecular formula is C10H6FN3O. The standard InChI is InChI=1S/C10H6FN3O/c11-8-1-2-10-9(3-8)7(4-12)5-14(10)13-6-15/h1-3,5-6H,(H,13,15). The van der Waals surface area contributed by atoms with Gasteiger partial charge in [0.15, 0.2) is 0 Å². The van der Waals surface area contributed by atoms with Crippen LogP contribution in [0.25, 0.3) is 10.9 Å². The minimum Gasteiger partial charge on any atom is -0.277 e. The lowest BCUT2D eigenvalue weighted by Gasteiger charge is -2.00. The third-order valence-electron chi connectivity index (χ3n) is 2.08. The number of halogens is 1. The van der Waals surface area contributed by atoms with Crippen molar-refractivity contribution in [3.8, 4) is 6.07 Å². The van der Waals surface area contributed by atoms with Crippen LogP contribution in [0.5, 0.6) is 0 Å². The number of carbonyl (C=O) groups excluding carboxylic acids is 1. The fourth-order valence-electron chi connectivity index (χ4n) is 1.45. The van der Waals surface area contributed by atoms with E-state index in [-0.39, 0.29) is 0 Å². The number of benzene rings is 1. The monoisotopic (exact) mass is 203 g/mol. The summed E-state index contributed by atoms with van der Waals surface area (Å²) in [5.41, 5.74) is 3.29. The van der Waals surface area contributed by atoms with Gasteiger partial charge in [-0.25, -0.2) is 4.39 Å². The van der Waals surface area contributed by atoms with Gasteiger partial charge in [-0.05, 0) is 18.2 Å². The van der Waals surface area contributed by atoms with Gasteiger partial charge in [-0.2, -0.15) is 5.26 Å². The lowest BCUT2D eigenvalue weighted by Crippen LogP contribution is -2.10. The Morgan fingerprint density at radius 3 is 3.00 bits per heavy atom. The van der Waals surface area contributed by atoms with Gasteiger partial charge < -0.3 is 0 Å². The molecule has 1 heterocycles. The van der Waals surface area contributed by atoms with Crippen LogP contribution in [-0.4, -0.2) is 11.1 Å². The molecule has 2 rings (SSSR count). The van der Waals surface area contributed by atoms with Gasteiger partial charge in [-0.3, -0.25) is 14.9 Å². The van der Waals surface area contributed by atoms with Crippen molar-refractivity contribution in [1.29, 1.82) is 5.26 Å². The molecule has 1 N–H and O–H groups in total. The number of nitrogens with zero attached hydrogens (tertiary/aromatic N) is 2. The Morgan fingerprint density at radius 2 is 2.33 bits per heavy atom. The van der Waals surface area contributed by atoms with E-state index in [1.165, 1.54) is 29.1 Å². The largest absolute Gasteiger partial charge is 0.277 e. The lowest BCUT2D eigenvalue weighted by atomic mass is 10.2. The SMILES string of the molecule is N#Cc1cn(NC=O)c2ccc(F)cc12. The van der Waals surface area contributed by atoms with Crippen molar-refractivity contribution in [2.75, 3.05) is 5.43 Å². The molecule has 1 amide bonds. The zero-order chi connectivity index (χ0) is 10.8. The number of carbonyl (C=O) groups is 1. The summed E-state index contributed by atoms with van der Waals surface area (Å²) in [6.07, 6.45) is 1.93. The molecule has 1 aromatic carbocycles. The molecule has 0 spiro atoms. The van der Waals surface area contributed by atoms with Crippen LogP contribution in [0.15, 0.2) is 24.4 Å². The van der Waals surface area contributed by atoms with Gasteiger partial charge in [0.05, 0.1) is 11.1 Å². The first kappa shape index (κ1) is 9.21. The average molecular weight is 203 g/mol. The van der Waals surface area contributed by atoms with Crippen molar-refractivity contribution < 1.29 is 9.18 Å². The number of nitrogens with one attached hydrogen (secondary N) is 1. The summed E-state index contributed by atoms with van der Waals surface area (Å²) in [6.45, 7) is 0. The van der Waals surface area contributed by atoms with Crippen LogP contribution in [0.4, 0.5) is 4.39 Å². The summed E-state index contributed by atoms with van der Waals surface area (Å²) < 4.78 is 14.3. The van der Waals surface area contributed by atoms with E-state index in [1.807, 2.05) is 6.07 Å².